The lowest BCUT2D eigenvalue weighted by Gasteiger charge is -1.98. The third kappa shape index (κ3) is 0.970. The van der Waals surface area contributed by atoms with E-state index in [1.807, 2.05) is 12.1 Å². The largest absolute Gasteiger partial charge is 0.383 e. The molecular formula is C9H5N5. The molecule has 0 fully saturated rings. The van der Waals surface area contributed by atoms with Gasteiger partial charge in [-0.1, -0.05) is 0 Å². The normalized spacial score (nSPS) is 9.57. The Morgan fingerprint density at radius 3 is 2.64 bits per heavy atom. The van der Waals surface area contributed by atoms with E-state index in [0.717, 1.165) is 0 Å². The first-order valence-corrected chi connectivity index (χ1v) is 3.83. The number of hydrogen-bond donors (Lipinski definition) is 1. The Morgan fingerprint density at radius 2 is 2.00 bits per heavy atom. The number of pyridine rings is 1. The van der Waals surface area contributed by atoms with E-state index in [2.05, 4.69) is 4.98 Å². The second-order valence-corrected chi connectivity index (χ2v) is 2.74. The Bertz CT molecular complexity index is 581. The Morgan fingerprint density at radius 1 is 1.29 bits per heavy atom. The maximum atomic E-state index is 8.76. The van der Waals surface area contributed by atoms with Gasteiger partial charge >= 0.3 is 0 Å². The molecule has 0 aliphatic rings. The molecule has 0 radical (unpaired) electrons. The van der Waals surface area contributed by atoms with Crippen molar-refractivity contribution in [1.29, 1.82) is 10.5 Å². The number of hydrogen-bond acceptors (Lipinski definition) is 4. The van der Waals surface area contributed by atoms with Gasteiger partial charge in [0.05, 0.1) is 17.3 Å². The molecule has 5 nitrogen and oxygen atoms in total. The van der Waals surface area contributed by atoms with Crippen molar-refractivity contribution in [3.05, 3.63) is 29.6 Å². The van der Waals surface area contributed by atoms with Gasteiger partial charge in [0.25, 0.3) is 0 Å². The number of aromatic nitrogens is 2. The quantitative estimate of drug-likeness (QED) is 0.649. The summed E-state index contributed by atoms with van der Waals surface area (Å²) in [5.74, 6) is 0.445. The summed E-state index contributed by atoms with van der Waals surface area (Å²) >= 11 is 0. The first kappa shape index (κ1) is 8.09. The molecular weight excluding hydrogens is 178 g/mol. The summed E-state index contributed by atoms with van der Waals surface area (Å²) < 4.78 is 1.57. The van der Waals surface area contributed by atoms with Gasteiger partial charge in [-0.3, -0.25) is 4.40 Å². The number of nitrogens with zero attached hydrogens (tertiary/aromatic N) is 4. The maximum Gasteiger partial charge on any atom is 0.139 e. The molecule has 2 aromatic heterocycles. The van der Waals surface area contributed by atoms with Crippen LogP contribution in [0.3, 0.4) is 0 Å². The smallest absolute Gasteiger partial charge is 0.139 e. The van der Waals surface area contributed by atoms with E-state index in [4.69, 9.17) is 16.3 Å². The summed E-state index contributed by atoms with van der Waals surface area (Å²) in [7, 11) is 0. The molecule has 2 N–H and O–H groups in total. The molecule has 0 atom stereocenters. The SMILES string of the molecule is N#Cc1cc2ncc(N)n2cc1C#N. The minimum atomic E-state index is 0.296. The lowest BCUT2D eigenvalue weighted by Crippen LogP contribution is -1.95. The highest BCUT2D eigenvalue weighted by molar-refractivity contribution is 5.57. The van der Waals surface area contributed by atoms with Crippen LogP contribution in [0.4, 0.5) is 5.82 Å². The fraction of sp³-hybridized carbons (Fsp3) is 0. The van der Waals surface area contributed by atoms with Crippen LogP contribution in [-0.2, 0) is 0 Å². The van der Waals surface area contributed by atoms with Crippen LogP contribution < -0.4 is 5.73 Å². The van der Waals surface area contributed by atoms with Gasteiger partial charge in [0.1, 0.15) is 23.6 Å². The number of imidazole rings is 1. The summed E-state index contributed by atoms with van der Waals surface area (Å²) in [6.45, 7) is 0. The van der Waals surface area contributed by atoms with Crippen LogP contribution in [0.2, 0.25) is 0 Å². The third-order valence-corrected chi connectivity index (χ3v) is 1.92. The Balaban J connectivity index is 2.88. The minimum Gasteiger partial charge on any atom is -0.383 e. The molecule has 0 saturated carbocycles. The number of nitriles is 2. The van der Waals surface area contributed by atoms with Gasteiger partial charge in [-0.15, -0.1) is 0 Å². The van der Waals surface area contributed by atoms with Crippen LogP contribution in [0.15, 0.2) is 18.5 Å². The van der Waals surface area contributed by atoms with Crippen molar-refractivity contribution in [3.8, 4) is 12.1 Å². The molecule has 0 aliphatic heterocycles. The lowest BCUT2D eigenvalue weighted by molar-refractivity contribution is 1.17. The van der Waals surface area contributed by atoms with E-state index < -0.39 is 0 Å². The predicted molar refractivity (Wildman–Crippen MR) is 49.0 cm³/mol. The molecule has 0 aromatic carbocycles. The minimum absolute atomic E-state index is 0.296. The number of anilines is 1. The molecule has 0 bridgehead atoms. The zero-order valence-electron chi connectivity index (χ0n) is 7.10. The Labute approximate surface area is 79.6 Å². The van der Waals surface area contributed by atoms with E-state index in [-0.39, 0.29) is 0 Å². The average molecular weight is 183 g/mol. The highest BCUT2D eigenvalue weighted by Gasteiger charge is 2.06. The Kier molecular flexibility index (Phi) is 1.59. The van der Waals surface area contributed by atoms with Gasteiger partial charge in [0.15, 0.2) is 0 Å². The first-order chi connectivity index (χ1) is 6.76. The Hall–Kier alpha value is -2.53. The number of fused-ring (bicyclic) bond motifs is 1. The van der Waals surface area contributed by atoms with Gasteiger partial charge in [-0.05, 0) is 0 Å². The topological polar surface area (TPSA) is 90.9 Å². The summed E-state index contributed by atoms with van der Waals surface area (Å²) in [6.07, 6.45) is 2.99. The summed E-state index contributed by atoms with van der Waals surface area (Å²) in [5, 5.41) is 17.5. The van der Waals surface area contributed by atoms with Crippen molar-refractivity contribution in [2.75, 3.05) is 5.73 Å². The van der Waals surface area contributed by atoms with Gasteiger partial charge < -0.3 is 5.73 Å². The summed E-state index contributed by atoms with van der Waals surface area (Å²) in [6, 6.07) is 5.40. The van der Waals surface area contributed by atoms with Crippen molar-refractivity contribution in [2.24, 2.45) is 0 Å². The fourth-order valence-corrected chi connectivity index (χ4v) is 1.22. The second kappa shape index (κ2) is 2.75. The number of rotatable bonds is 0. The standard InChI is InChI=1S/C9H5N5/c10-2-6-1-9-13-4-8(12)14(9)5-7(6)3-11/h1,4-5H,12H2. The van der Waals surface area contributed by atoms with E-state index in [1.54, 1.807) is 4.40 Å². The van der Waals surface area contributed by atoms with Crippen molar-refractivity contribution in [3.63, 3.8) is 0 Å². The van der Waals surface area contributed by atoms with Crippen LogP contribution in [0.25, 0.3) is 5.65 Å². The lowest BCUT2D eigenvalue weighted by atomic mass is 10.2. The average Bonchev–Trinajstić information content (AvgIpc) is 2.58. The summed E-state index contributed by atoms with van der Waals surface area (Å²) in [5.41, 5.74) is 6.77. The number of nitrogen functional groups attached to an aromatic ring is 1. The third-order valence-electron chi connectivity index (χ3n) is 1.92. The molecule has 66 valence electrons. The molecule has 0 unspecified atom stereocenters. The van der Waals surface area contributed by atoms with Gasteiger partial charge in [0, 0.05) is 12.3 Å². The van der Waals surface area contributed by atoms with E-state index in [1.165, 1.54) is 18.5 Å². The molecule has 2 rings (SSSR count). The van der Waals surface area contributed by atoms with Crippen molar-refractivity contribution >= 4 is 11.5 Å². The van der Waals surface area contributed by atoms with Crippen molar-refractivity contribution < 1.29 is 0 Å². The van der Waals surface area contributed by atoms with E-state index in [0.29, 0.717) is 22.6 Å². The van der Waals surface area contributed by atoms with E-state index in [9.17, 15) is 0 Å². The van der Waals surface area contributed by atoms with Crippen molar-refractivity contribution in [1.82, 2.24) is 9.38 Å². The molecule has 0 saturated heterocycles. The highest BCUT2D eigenvalue weighted by atomic mass is 15.1. The summed E-state index contributed by atoms with van der Waals surface area (Å²) in [4.78, 5) is 3.98. The predicted octanol–water partition coefficient (Wildman–Crippen LogP) is 0.660. The molecule has 0 amide bonds. The molecule has 0 spiro atoms. The van der Waals surface area contributed by atoms with Crippen LogP contribution >= 0.6 is 0 Å². The van der Waals surface area contributed by atoms with Gasteiger partial charge in [-0.2, -0.15) is 10.5 Å². The second-order valence-electron chi connectivity index (χ2n) is 2.74. The molecule has 2 aromatic rings. The van der Waals surface area contributed by atoms with Crippen LogP contribution in [0.5, 0.6) is 0 Å². The number of nitrogens with two attached hydrogens (primary N) is 1. The molecule has 5 heteroatoms. The fourth-order valence-electron chi connectivity index (χ4n) is 1.22. The van der Waals surface area contributed by atoms with Crippen LogP contribution in [0.1, 0.15) is 11.1 Å². The molecule has 2 heterocycles. The highest BCUT2D eigenvalue weighted by Crippen LogP contribution is 2.13. The van der Waals surface area contributed by atoms with Crippen LogP contribution in [0, 0.1) is 22.7 Å². The van der Waals surface area contributed by atoms with Gasteiger partial charge in [0.2, 0.25) is 0 Å². The maximum absolute atomic E-state index is 8.76. The monoisotopic (exact) mass is 183 g/mol. The van der Waals surface area contributed by atoms with Crippen LogP contribution in [-0.4, -0.2) is 9.38 Å². The first-order valence-electron chi connectivity index (χ1n) is 3.83. The van der Waals surface area contributed by atoms with Crippen molar-refractivity contribution in [2.45, 2.75) is 0 Å². The zero-order valence-corrected chi connectivity index (χ0v) is 7.10. The van der Waals surface area contributed by atoms with E-state index >= 15 is 0 Å². The zero-order chi connectivity index (χ0) is 10.1. The van der Waals surface area contributed by atoms with Gasteiger partial charge in [-0.25, -0.2) is 4.98 Å². The molecule has 14 heavy (non-hydrogen) atoms. The molecule has 0 aliphatic carbocycles.